The fourth-order valence-electron chi connectivity index (χ4n) is 3.03. The summed E-state index contributed by atoms with van der Waals surface area (Å²) in [6.45, 7) is 12.4. The Kier molecular flexibility index (Phi) is 5.28. The van der Waals surface area contributed by atoms with E-state index in [9.17, 15) is 4.79 Å². The quantitative estimate of drug-likeness (QED) is 0.925. The fourth-order valence-corrected chi connectivity index (χ4v) is 3.03. The highest BCUT2D eigenvalue weighted by Crippen LogP contribution is 2.27. The van der Waals surface area contributed by atoms with Gasteiger partial charge in [0.1, 0.15) is 6.10 Å². The van der Waals surface area contributed by atoms with Crippen molar-refractivity contribution in [1.82, 2.24) is 5.32 Å². The molecule has 0 radical (unpaired) electrons. The van der Waals surface area contributed by atoms with E-state index in [0.29, 0.717) is 13.2 Å². The number of amides is 1. The van der Waals surface area contributed by atoms with Crippen molar-refractivity contribution < 1.29 is 9.53 Å². The van der Waals surface area contributed by atoms with E-state index in [1.807, 2.05) is 0 Å². The molecular formula is C19H29NO2. The molecule has 1 aliphatic rings. The van der Waals surface area contributed by atoms with Gasteiger partial charge in [0.15, 0.2) is 0 Å². The molecule has 1 heterocycles. The predicted molar refractivity (Wildman–Crippen MR) is 90.3 cm³/mol. The summed E-state index contributed by atoms with van der Waals surface area (Å²) in [5.74, 6) is 0.0408. The second-order valence-electron chi connectivity index (χ2n) is 7.38. The Morgan fingerprint density at radius 3 is 2.41 bits per heavy atom. The second-order valence-corrected chi connectivity index (χ2v) is 7.38. The fraction of sp³-hybridized carbons (Fsp3) is 0.632. The van der Waals surface area contributed by atoms with Crippen molar-refractivity contribution in [3.63, 3.8) is 0 Å². The number of hydrogen-bond donors (Lipinski definition) is 1. The Bertz CT molecular complexity index is 514. The summed E-state index contributed by atoms with van der Waals surface area (Å²) in [5.41, 5.74) is 5.52. The lowest BCUT2D eigenvalue weighted by molar-refractivity contribution is -0.129. The monoisotopic (exact) mass is 303 g/mol. The normalized spacial score (nSPS) is 18.5. The van der Waals surface area contributed by atoms with Gasteiger partial charge < -0.3 is 10.1 Å². The molecule has 1 aliphatic heterocycles. The van der Waals surface area contributed by atoms with Crippen molar-refractivity contribution in [3.05, 3.63) is 34.4 Å². The molecule has 1 unspecified atom stereocenters. The average Bonchev–Trinajstić information content (AvgIpc) is 2.94. The van der Waals surface area contributed by atoms with Gasteiger partial charge in [-0.05, 0) is 60.8 Å². The van der Waals surface area contributed by atoms with Crippen molar-refractivity contribution in [2.24, 2.45) is 0 Å². The van der Waals surface area contributed by atoms with E-state index in [1.165, 1.54) is 22.3 Å². The first-order valence-electron chi connectivity index (χ1n) is 8.29. The van der Waals surface area contributed by atoms with E-state index in [-0.39, 0.29) is 17.4 Å². The van der Waals surface area contributed by atoms with Crippen LogP contribution in [0.5, 0.6) is 0 Å². The standard InChI is InChI=1S/C19H29NO2/c1-13-11-15(19(3,4)5)12-14(2)16(13)8-9-20-18(21)17-7-6-10-22-17/h11-12,17H,6-10H2,1-5H3,(H,20,21). The van der Waals surface area contributed by atoms with E-state index < -0.39 is 0 Å². The summed E-state index contributed by atoms with van der Waals surface area (Å²) in [7, 11) is 0. The van der Waals surface area contributed by atoms with Crippen LogP contribution in [0.1, 0.15) is 55.9 Å². The number of nitrogens with one attached hydrogen (secondary N) is 1. The minimum atomic E-state index is -0.231. The molecule has 1 atom stereocenters. The van der Waals surface area contributed by atoms with Gasteiger partial charge in [0, 0.05) is 13.2 Å². The molecule has 2 rings (SSSR count). The maximum atomic E-state index is 12.0. The second kappa shape index (κ2) is 6.82. The smallest absolute Gasteiger partial charge is 0.249 e. The molecule has 0 spiro atoms. The van der Waals surface area contributed by atoms with Gasteiger partial charge in [-0.1, -0.05) is 32.9 Å². The number of carbonyl (C=O) groups excluding carboxylic acids is 1. The van der Waals surface area contributed by atoms with Gasteiger partial charge in [0.05, 0.1) is 0 Å². The molecule has 3 heteroatoms. The summed E-state index contributed by atoms with van der Waals surface area (Å²) >= 11 is 0. The van der Waals surface area contributed by atoms with Crippen LogP contribution in [0.25, 0.3) is 0 Å². The molecule has 1 saturated heterocycles. The molecule has 1 amide bonds. The zero-order valence-electron chi connectivity index (χ0n) is 14.6. The minimum absolute atomic E-state index is 0.0408. The van der Waals surface area contributed by atoms with Crippen LogP contribution >= 0.6 is 0 Å². The van der Waals surface area contributed by atoms with E-state index in [0.717, 1.165) is 19.3 Å². The summed E-state index contributed by atoms with van der Waals surface area (Å²) in [6.07, 6.45) is 2.49. The van der Waals surface area contributed by atoms with Crippen LogP contribution in [0.3, 0.4) is 0 Å². The third-order valence-electron chi connectivity index (χ3n) is 4.46. The molecule has 0 saturated carbocycles. The van der Waals surface area contributed by atoms with Crippen LogP contribution in [-0.2, 0) is 21.4 Å². The number of ether oxygens (including phenoxy) is 1. The summed E-state index contributed by atoms with van der Waals surface area (Å²) in [5, 5.41) is 3.01. The van der Waals surface area contributed by atoms with Gasteiger partial charge in [-0.25, -0.2) is 0 Å². The zero-order valence-corrected chi connectivity index (χ0v) is 14.6. The molecule has 1 aromatic rings. The molecule has 1 fully saturated rings. The third kappa shape index (κ3) is 4.10. The van der Waals surface area contributed by atoms with Crippen LogP contribution in [0.2, 0.25) is 0 Å². The molecule has 1 aromatic carbocycles. The summed E-state index contributed by atoms with van der Waals surface area (Å²) in [4.78, 5) is 12.0. The van der Waals surface area contributed by atoms with Gasteiger partial charge in [0.2, 0.25) is 5.91 Å². The Labute approximate surface area is 134 Å². The van der Waals surface area contributed by atoms with Crippen molar-refractivity contribution >= 4 is 5.91 Å². The predicted octanol–water partition coefficient (Wildman–Crippen LogP) is 3.44. The van der Waals surface area contributed by atoms with Gasteiger partial charge in [-0.2, -0.15) is 0 Å². The lowest BCUT2D eigenvalue weighted by atomic mass is 9.83. The molecular weight excluding hydrogens is 274 g/mol. The molecule has 0 aromatic heterocycles. The number of benzene rings is 1. The Morgan fingerprint density at radius 1 is 1.27 bits per heavy atom. The summed E-state index contributed by atoms with van der Waals surface area (Å²) < 4.78 is 5.41. The third-order valence-corrected chi connectivity index (χ3v) is 4.46. The highest BCUT2D eigenvalue weighted by Gasteiger charge is 2.23. The lowest BCUT2D eigenvalue weighted by Crippen LogP contribution is -2.35. The van der Waals surface area contributed by atoms with Crippen molar-refractivity contribution in [1.29, 1.82) is 0 Å². The van der Waals surface area contributed by atoms with Gasteiger partial charge >= 0.3 is 0 Å². The first-order chi connectivity index (χ1) is 10.3. The van der Waals surface area contributed by atoms with Crippen LogP contribution in [0, 0.1) is 13.8 Å². The van der Waals surface area contributed by atoms with Crippen molar-refractivity contribution in [2.75, 3.05) is 13.2 Å². The largest absolute Gasteiger partial charge is 0.368 e. The molecule has 22 heavy (non-hydrogen) atoms. The SMILES string of the molecule is Cc1cc(C(C)(C)C)cc(C)c1CCNC(=O)C1CCCO1. The van der Waals surface area contributed by atoms with Crippen LogP contribution < -0.4 is 5.32 Å². The van der Waals surface area contributed by atoms with Crippen LogP contribution in [0.4, 0.5) is 0 Å². The maximum absolute atomic E-state index is 12.0. The number of aryl methyl sites for hydroxylation is 2. The number of rotatable bonds is 4. The van der Waals surface area contributed by atoms with Gasteiger partial charge in [-0.15, -0.1) is 0 Å². The Balaban J connectivity index is 1.96. The van der Waals surface area contributed by atoms with E-state index in [2.05, 4.69) is 52.1 Å². The first-order valence-corrected chi connectivity index (χ1v) is 8.29. The van der Waals surface area contributed by atoms with E-state index in [1.54, 1.807) is 0 Å². The van der Waals surface area contributed by atoms with Crippen molar-refractivity contribution in [3.8, 4) is 0 Å². The lowest BCUT2D eigenvalue weighted by Gasteiger charge is -2.22. The molecule has 0 bridgehead atoms. The topological polar surface area (TPSA) is 38.3 Å². The summed E-state index contributed by atoms with van der Waals surface area (Å²) in [6, 6.07) is 4.56. The Hall–Kier alpha value is -1.35. The molecule has 3 nitrogen and oxygen atoms in total. The van der Waals surface area contributed by atoms with E-state index in [4.69, 9.17) is 4.74 Å². The van der Waals surface area contributed by atoms with Crippen molar-refractivity contribution in [2.45, 2.75) is 65.4 Å². The molecule has 1 N–H and O–H groups in total. The Morgan fingerprint density at radius 2 is 1.91 bits per heavy atom. The number of carbonyl (C=O) groups is 1. The minimum Gasteiger partial charge on any atom is -0.368 e. The molecule has 122 valence electrons. The number of hydrogen-bond acceptors (Lipinski definition) is 2. The highest BCUT2D eigenvalue weighted by molar-refractivity contribution is 5.80. The van der Waals surface area contributed by atoms with Gasteiger partial charge in [0.25, 0.3) is 0 Å². The van der Waals surface area contributed by atoms with Crippen LogP contribution in [0.15, 0.2) is 12.1 Å². The first kappa shape index (κ1) is 17.0. The average molecular weight is 303 g/mol. The maximum Gasteiger partial charge on any atom is 0.249 e. The molecule has 0 aliphatic carbocycles. The van der Waals surface area contributed by atoms with E-state index >= 15 is 0 Å². The highest BCUT2D eigenvalue weighted by atomic mass is 16.5. The van der Waals surface area contributed by atoms with Crippen LogP contribution in [-0.4, -0.2) is 25.2 Å². The zero-order chi connectivity index (χ0) is 16.3. The van der Waals surface area contributed by atoms with Gasteiger partial charge in [-0.3, -0.25) is 4.79 Å².